The predicted molar refractivity (Wildman–Crippen MR) is 158 cm³/mol. The summed E-state index contributed by atoms with van der Waals surface area (Å²) in [4.78, 5) is 27.8. The van der Waals surface area contributed by atoms with Crippen LogP contribution < -0.4 is 20.1 Å². The Balaban J connectivity index is 1.55. The van der Waals surface area contributed by atoms with Gasteiger partial charge >= 0.3 is 0 Å². The van der Waals surface area contributed by atoms with Gasteiger partial charge in [-0.3, -0.25) is 9.59 Å². The van der Waals surface area contributed by atoms with E-state index < -0.39 is 5.92 Å². The first-order valence-electron chi connectivity index (χ1n) is 13.8. The van der Waals surface area contributed by atoms with E-state index in [1.165, 1.54) is 5.56 Å². The molecule has 2 aliphatic rings. The zero-order chi connectivity index (χ0) is 28.4. The largest absolute Gasteiger partial charge is 0.493 e. The molecular weight excluding hydrogens is 500 g/mol. The number of rotatable bonds is 7. The summed E-state index contributed by atoms with van der Waals surface area (Å²) in [5, 5.41) is 6.58. The average molecular weight is 537 g/mol. The number of aryl methyl sites for hydroxylation is 2. The van der Waals surface area contributed by atoms with E-state index in [0.29, 0.717) is 35.5 Å². The molecule has 0 spiro atoms. The Morgan fingerprint density at radius 3 is 2.30 bits per heavy atom. The van der Waals surface area contributed by atoms with E-state index in [-0.39, 0.29) is 17.6 Å². The maximum atomic E-state index is 14.0. The molecule has 0 fully saturated rings. The lowest BCUT2D eigenvalue weighted by atomic mass is 9.71. The molecule has 0 bridgehead atoms. The molecular formula is C34H36N2O4. The van der Waals surface area contributed by atoms with E-state index >= 15 is 0 Å². The summed E-state index contributed by atoms with van der Waals surface area (Å²) < 4.78 is 10.9. The molecule has 0 saturated heterocycles. The van der Waals surface area contributed by atoms with Gasteiger partial charge in [-0.05, 0) is 73.1 Å². The molecule has 0 unspecified atom stereocenters. The molecule has 3 aromatic carbocycles. The first-order valence-corrected chi connectivity index (χ1v) is 13.8. The van der Waals surface area contributed by atoms with Crippen LogP contribution in [-0.4, -0.2) is 25.9 Å². The molecule has 2 N–H and O–H groups in total. The first kappa shape index (κ1) is 27.3. The number of benzene rings is 3. The molecule has 1 amide bonds. The zero-order valence-corrected chi connectivity index (χ0v) is 23.8. The molecule has 0 aromatic heterocycles. The van der Waals surface area contributed by atoms with Crippen molar-refractivity contribution in [1.82, 2.24) is 5.32 Å². The quantitative estimate of drug-likeness (QED) is 0.357. The topological polar surface area (TPSA) is 76.7 Å². The van der Waals surface area contributed by atoms with Crippen molar-refractivity contribution in [2.24, 2.45) is 0 Å². The van der Waals surface area contributed by atoms with Crippen LogP contribution >= 0.6 is 0 Å². The number of ether oxygens (including phenoxy) is 2. The van der Waals surface area contributed by atoms with Gasteiger partial charge in [-0.2, -0.15) is 0 Å². The summed E-state index contributed by atoms with van der Waals surface area (Å²) >= 11 is 0. The van der Waals surface area contributed by atoms with E-state index in [4.69, 9.17) is 9.47 Å². The van der Waals surface area contributed by atoms with Crippen molar-refractivity contribution >= 4 is 17.4 Å². The number of anilines is 1. The van der Waals surface area contributed by atoms with Gasteiger partial charge in [0.15, 0.2) is 17.3 Å². The molecule has 1 aliphatic carbocycles. The van der Waals surface area contributed by atoms with Crippen LogP contribution in [0.4, 0.5) is 5.69 Å². The van der Waals surface area contributed by atoms with E-state index in [0.717, 1.165) is 40.2 Å². The highest BCUT2D eigenvalue weighted by Gasteiger charge is 2.41. The summed E-state index contributed by atoms with van der Waals surface area (Å²) in [6.07, 6.45) is 1.93. The van der Waals surface area contributed by atoms with Gasteiger partial charge in [0.25, 0.3) is 5.91 Å². The van der Waals surface area contributed by atoms with E-state index in [1.807, 2.05) is 56.3 Å². The number of carbonyl (C=O) groups excluding carboxylic acids is 2. The maximum Gasteiger partial charge on any atom is 0.254 e. The van der Waals surface area contributed by atoms with Crippen LogP contribution in [0.1, 0.15) is 60.8 Å². The van der Waals surface area contributed by atoms with Gasteiger partial charge in [0.05, 0.1) is 14.2 Å². The summed E-state index contributed by atoms with van der Waals surface area (Å²) in [5.74, 6) is 0.672. The lowest BCUT2D eigenvalue weighted by molar-refractivity contribution is -0.116. The second-order valence-corrected chi connectivity index (χ2v) is 10.5. The standard InChI is InChI=1S/C34H36N2O4/c1-6-22-11-13-23(14-12-22)32-31(34(38)36-26-10-8-7-9-20(26)2)21(3)35-27-17-25(18-28(37)33(27)32)24-15-16-29(39-4)30(19-24)40-5/h7-16,19,25,32,35H,6,17-18H2,1-5H3,(H,36,38)/t25-,32+/m1/s1. The number of Topliss-reactive ketones (excluding diaryl/α,β-unsaturated/α-hetero) is 1. The zero-order valence-electron chi connectivity index (χ0n) is 23.8. The first-order chi connectivity index (χ1) is 19.3. The molecule has 3 aromatic rings. The summed E-state index contributed by atoms with van der Waals surface area (Å²) in [6, 6.07) is 21.8. The Bertz CT molecular complexity index is 1520. The highest BCUT2D eigenvalue weighted by Crippen LogP contribution is 2.46. The molecule has 206 valence electrons. The van der Waals surface area contributed by atoms with Crippen LogP contribution in [-0.2, 0) is 16.0 Å². The number of carbonyl (C=O) groups is 2. The third-order valence-electron chi connectivity index (χ3n) is 8.07. The molecule has 5 rings (SSSR count). The van der Waals surface area contributed by atoms with Crippen LogP contribution in [0.15, 0.2) is 89.3 Å². The highest BCUT2D eigenvalue weighted by atomic mass is 16.5. The summed E-state index contributed by atoms with van der Waals surface area (Å²) in [7, 11) is 3.23. The Morgan fingerprint density at radius 1 is 0.925 bits per heavy atom. The smallest absolute Gasteiger partial charge is 0.254 e. The number of allylic oxidation sites excluding steroid dienone is 3. The van der Waals surface area contributed by atoms with Gasteiger partial charge in [0.2, 0.25) is 0 Å². The Kier molecular flexibility index (Phi) is 7.78. The fourth-order valence-corrected chi connectivity index (χ4v) is 5.86. The third-order valence-corrected chi connectivity index (χ3v) is 8.07. The van der Waals surface area contributed by atoms with Crippen molar-refractivity contribution in [1.29, 1.82) is 0 Å². The summed E-state index contributed by atoms with van der Waals surface area (Å²) in [6.45, 7) is 6.01. The molecule has 1 heterocycles. The molecule has 2 atom stereocenters. The number of hydrogen-bond donors (Lipinski definition) is 2. The second kappa shape index (κ2) is 11.4. The van der Waals surface area contributed by atoms with Gasteiger partial charge in [-0.15, -0.1) is 0 Å². The fraction of sp³-hybridized carbons (Fsp3) is 0.294. The Hall–Kier alpha value is -4.32. The molecule has 6 nitrogen and oxygen atoms in total. The Morgan fingerprint density at radius 2 is 1.62 bits per heavy atom. The third kappa shape index (κ3) is 5.14. The SMILES string of the molecule is CCc1ccc([C@H]2C(C(=O)Nc3ccccc3C)=C(C)NC3=C2C(=O)C[C@H](c2ccc(OC)c(OC)c2)C3)cc1. The normalized spacial score (nSPS) is 18.7. The highest BCUT2D eigenvalue weighted by molar-refractivity contribution is 6.10. The lowest BCUT2D eigenvalue weighted by Gasteiger charge is -2.37. The van der Waals surface area contributed by atoms with E-state index in [2.05, 4.69) is 41.8 Å². The number of para-hydroxylation sites is 1. The van der Waals surface area contributed by atoms with Gasteiger partial charge < -0.3 is 20.1 Å². The van der Waals surface area contributed by atoms with Gasteiger partial charge in [0.1, 0.15) is 0 Å². The van der Waals surface area contributed by atoms with Crippen molar-refractivity contribution in [2.45, 2.75) is 51.9 Å². The van der Waals surface area contributed by atoms with Crippen LogP contribution in [0.2, 0.25) is 0 Å². The maximum absolute atomic E-state index is 14.0. The number of dihydropyridines is 1. The van der Waals surface area contributed by atoms with Crippen molar-refractivity contribution < 1.29 is 19.1 Å². The van der Waals surface area contributed by atoms with E-state index in [9.17, 15) is 9.59 Å². The van der Waals surface area contributed by atoms with Crippen molar-refractivity contribution in [2.75, 3.05) is 19.5 Å². The van der Waals surface area contributed by atoms with Crippen molar-refractivity contribution in [3.63, 3.8) is 0 Å². The fourth-order valence-electron chi connectivity index (χ4n) is 5.86. The second-order valence-electron chi connectivity index (χ2n) is 10.5. The molecule has 6 heteroatoms. The minimum absolute atomic E-state index is 0.0168. The molecule has 1 aliphatic heterocycles. The minimum Gasteiger partial charge on any atom is -0.493 e. The van der Waals surface area contributed by atoms with Crippen LogP contribution in [0, 0.1) is 6.92 Å². The van der Waals surface area contributed by atoms with Crippen molar-refractivity contribution in [3.8, 4) is 11.5 Å². The molecule has 40 heavy (non-hydrogen) atoms. The van der Waals surface area contributed by atoms with Crippen LogP contribution in [0.3, 0.4) is 0 Å². The van der Waals surface area contributed by atoms with Crippen molar-refractivity contribution in [3.05, 3.63) is 112 Å². The predicted octanol–water partition coefficient (Wildman–Crippen LogP) is 6.57. The molecule has 0 saturated carbocycles. The minimum atomic E-state index is -0.454. The van der Waals surface area contributed by atoms with Gasteiger partial charge in [-0.1, -0.05) is 55.5 Å². The van der Waals surface area contributed by atoms with Crippen LogP contribution in [0.25, 0.3) is 0 Å². The number of hydrogen-bond acceptors (Lipinski definition) is 5. The van der Waals surface area contributed by atoms with Crippen LogP contribution in [0.5, 0.6) is 11.5 Å². The number of amides is 1. The average Bonchev–Trinajstić information content (AvgIpc) is 2.97. The monoisotopic (exact) mass is 536 g/mol. The molecule has 0 radical (unpaired) electrons. The van der Waals surface area contributed by atoms with Gasteiger partial charge in [-0.25, -0.2) is 0 Å². The number of nitrogens with one attached hydrogen (secondary N) is 2. The van der Waals surface area contributed by atoms with Gasteiger partial charge in [0, 0.05) is 40.6 Å². The van der Waals surface area contributed by atoms with E-state index in [1.54, 1.807) is 14.2 Å². The number of methoxy groups -OCH3 is 2. The lowest BCUT2D eigenvalue weighted by Crippen LogP contribution is -2.37. The Labute approximate surface area is 236 Å². The summed E-state index contributed by atoms with van der Waals surface area (Å²) in [5.41, 5.74) is 7.81. The number of ketones is 1.